The first-order chi connectivity index (χ1) is 31.8. The molecule has 0 fully saturated rings. The molecule has 0 radical (unpaired) electrons. The summed E-state index contributed by atoms with van der Waals surface area (Å²) in [5.41, 5.74) is 16.6. The highest BCUT2D eigenvalue weighted by Crippen LogP contribution is 2.49. The van der Waals surface area contributed by atoms with Crippen molar-refractivity contribution < 1.29 is 4.42 Å². The third-order valence-corrected chi connectivity index (χ3v) is 12.6. The molecule has 0 saturated carbocycles. The standard InChI is InChI=1S/C62H41NO/c1-5-19-42(20-6-1)50-32-18-33-51(43-21-7-2-8-22-43)62(50)63(49-36-38-55-54-30-15-16-34-58(54)64-59(55)41-49)48-28-17-27-46(39-48)47-35-37-53-52-29-13-14-31-56(52)60(44-23-9-3-10-24-44)61(57(53)40-47)45-25-11-4-12-26-45/h1-41H. The van der Waals surface area contributed by atoms with Crippen LogP contribution >= 0.6 is 0 Å². The van der Waals surface area contributed by atoms with Gasteiger partial charge in [-0.05, 0) is 102 Å². The Hall–Kier alpha value is -8.46. The van der Waals surface area contributed by atoms with E-state index in [9.17, 15) is 0 Å². The maximum Gasteiger partial charge on any atom is 0.137 e. The van der Waals surface area contributed by atoms with Crippen molar-refractivity contribution in [1.29, 1.82) is 0 Å². The van der Waals surface area contributed by atoms with Crippen LogP contribution < -0.4 is 4.90 Å². The maximum atomic E-state index is 6.57. The van der Waals surface area contributed by atoms with Crippen molar-refractivity contribution in [1.82, 2.24) is 0 Å². The average molecular weight is 816 g/mol. The van der Waals surface area contributed by atoms with Crippen LogP contribution in [0.2, 0.25) is 0 Å². The predicted molar refractivity (Wildman–Crippen MR) is 271 cm³/mol. The van der Waals surface area contributed by atoms with E-state index < -0.39 is 0 Å². The van der Waals surface area contributed by atoms with Crippen LogP contribution in [0, 0.1) is 0 Å². The Morgan fingerprint density at radius 1 is 0.250 bits per heavy atom. The first-order valence-electron chi connectivity index (χ1n) is 21.9. The molecule has 0 aliphatic heterocycles. The summed E-state index contributed by atoms with van der Waals surface area (Å²) in [7, 11) is 0. The number of hydrogen-bond acceptors (Lipinski definition) is 2. The molecule has 0 unspecified atom stereocenters. The van der Waals surface area contributed by atoms with E-state index in [4.69, 9.17) is 4.42 Å². The number of furan rings is 1. The number of anilines is 3. The molecular formula is C62H41NO. The van der Waals surface area contributed by atoms with Gasteiger partial charge in [-0.25, -0.2) is 0 Å². The van der Waals surface area contributed by atoms with Gasteiger partial charge in [0.2, 0.25) is 0 Å². The van der Waals surface area contributed by atoms with Gasteiger partial charge in [-0.15, -0.1) is 0 Å². The Bertz CT molecular complexity index is 3590. The average Bonchev–Trinajstić information content (AvgIpc) is 3.75. The van der Waals surface area contributed by atoms with Gasteiger partial charge in [0, 0.05) is 39.3 Å². The number of hydrogen-bond donors (Lipinski definition) is 0. The minimum Gasteiger partial charge on any atom is -0.456 e. The van der Waals surface area contributed by atoms with Crippen LogP contribution in [0.1, 0.15) is 0 Å². The summed E-state index contributed by atoms with van der Waals surface area (Å²) in [4.78, 5) is 2.43. The second kappa shape index (κ2) is 15.8. The number of rotatable bonds is 8. The first kappa shape index (κ1) is 37.3. The molecule has 0 aliphatic carbocycles. The highest BCUT2D eigenvalue weighted by Gasteiger charge is 2.24. The molecule has 1 aromatic heterocycles. The van der Waals surface area contributed by atoms with Crippen molar-refractivity contribution in [2.45, 2.75) is 0 Å². The summed E-state index contributed by atoms with van der Waals surface area (Å²) < 4.78 is 6.57. The highest BCUT2D eigenvalue weighted by atomic mass is 16.3. The largest absolute Gasteiger partial charge is 0.456 e. The lowest BCUT2D eigenvalue weighted by molar-refractivity contribution is 0.669. The molecule has 0 saturated heterocycles. The Balaban J connectivity index is 1.12. The summed E-state index contributed by atoms with van der Waals surface area (Å²) in [5, 5.41) is 7.16. The monoisotopic (exact) mass is 815 g/mol. The summed E-state index contributed by atoms with van der Waals surface area (Å²) in [6.07, 6.45) is 0. The molecule has 2 heteroatoms. The summed E-state index contributed by atoms with van der Waals surface area (Å²) in [6, 6.07) is 89.7. The van der Waals surface area contributed by atoms with Gasteiger partial charge in [0.25, 0.3) is 0 Å². The smallest absolute Gasteiger partial charge is 0.137 e. The zero-order valence-corrected chi connectivity index (χ0v) is 35.0. The van der Waals surface area contributed by atoms with Gasteiger partial charge in [0.05, 0.1) is 5.69 Å². The van der Waals surface area contributed by atoms with Crippen LogP contribution in [0.4, 0.5) is 17.1 Å². The molecule has 2 nitrogen and oxygen atoms in total. The summed E-state index contributed by atoms with van der Waals surface area (Å²) >= 11 is 0. The van der Waals surface area contributed by atoms with Crippen molar-refractivity contribution in [2.75, 3.05) is 4.90 Å². The molecule has 12 aromatic rings. The van der Waals surface area contributed by atoms with E-state index >= 15 is 0 Å². The van der Waals surface area contributed by atoms with E-state index in [1.54, 1.807) is 0 Å². The van der Waals surface area contributed by atoms with Crippen molar-refractivity contribution in [3.63, 3.8) is 0 Å². The quantitative estimate of drug-likeness (QED) is 0.142. The fourth-order valence-electron chi connectivity index (χ4n) is 9.75. The van der Waals surface area contributed by atoms with Gasteiger partial charge in [-0.1, -0.05) is 206 Å². The van der Waals surface area contributed by atoms with E-state index in [0.717, 1.165) is 72.4 Å². The van der Waals surface area contributed by atoms with Crippen molar-refractivity contribution in [2.24, 2.45) is 0 Å². The Morgan fingerprint density at radius 3 is 1.36 bits per heavy atom. The molecule has 0 bridgehead atoms. The minimum atomic E-state index is 0.850. The van der Waals surface area contributed by atoms with Crippen molar-refractivity contribution in [3.8, 4) is 55.6 Å². The van der Waals surface area contributed by atoms with Crippen molar-refractivity contribution in [3.05, 3.63) is 249 Å². The van der Waals surface area contributed by atoms with Crippen LogP contribution in [0.15, 0.2) is 253 Å². The second-order valence-corrected chi connectivity index (χ2v) is 16.4. The molecule has 64 heavy (non-hydrogen) atoms. The van der Waals surface area contributed by atoms with Crippen LogP contribution in [-0.4, -0.2) is 0 Å². The maximum absolute atomic E-state index is 6.57. The van der Waals surface area contributed by atoms with Gasteiger partial charge in [-0.2, -0.15) is 0 Å². The Kier molecular flexibility index (Phi) is 9.20. The van der Waals surface area contributed by atoms with E-state index in [2.05, 4.69) is 241 Å². The normalized spacial score (nSPS) is 11.4. The number of benzene rings is 11. The Morgan fingerprint density at radius 2 is 0.703 bits per heavy atom. The van der Waals surface area contributed by atoms with E-state index in [-0.39, 0.29) is 0 Å². The van der Waals surface area contributed by atoms with Gasteiger partial charge in [0.1, 0.15) is 11.2 Å². The van der Waals surface area contributed by atoms with Crippen molar-refractivity contribution >= 4 is 60.5 Å². The fraction of sp³-hybridized carbons (Fsp3) is 0. The molecule has 12 rings (SSSR count). The SMILES string of the molecule is c1ccc(-c2cccc(-c3ccccc3)c2N(c2cccc(-c3ccc4c(c3)c(-c3ccccc3)c(-c3ccccc3)c3ccccc34)c2)c2ccc3c(c2)oc2ccccc23)cc1. The molecule has 0 amide bonds. The first-order valence-corrected chi connectivity index (χ1v) is 21.9. The predicted octanol–water partition coefficient (Wildman–Crippen LogP) is 17.7. The van der Waals surface area contributed by atoms with Gasteiger partial charge >= 0.3 is 0 Å². The molecular weight excluding hydrogens is 775 g/mol. The van der Waals surface area contributed by atoms with Crippen LogP contribution in [-0.2, 0) is 0 Å². The summed E-state index contributed by atoms with van der Waals surface area (Å²) in [6.45, 7) is 0. The molecule has 300 valence electrons. The number of nitrogens with zero attached hydrogens (tertiary/aromatic N) is 1. The van der Waals surface area contributed by atoms with Gasteiger partial charge in [0.15, 0.2) is 0 Å². The zero-order valence-electron chi connectivity index (χ0n) is 35.0. The lowest BCUT2D eigenvalue weighted by atomic mass is 9.84. The topological polar surface area (TPSA) is 16.4 Å². The third-order valence-electron chi connectivity index (χ3n) is 12.6. The fourth-order valence-corrected chi connectivity index (χ4v) is 9.75. The molecule has 0 N–H and O–H groups in total. The minimum absolute atomic E-state index is 0.850. The van der Waals surface area contributed by atoms with Crippen LogP contribution in [0.5, 0.6) is 0 Å². The Labute approximate surface area is 372 Å². The van der Waals surface area contributed by atoms with E-state index in [1.165, 1.54) is 43.8 Å². The van der Waals surface area contributed by atoms with Gasteiger partial charge < -0.3 is 9.32 Å². The van der Waals surface area contributed by atoms with Crippen LogP contribution in [0.3, 0.4) is 0 Å². The van der Waals surface area contributed by atoms with Gasteiger partial charge in [-0.3, -0.25) is 0 Å². The lowest BCUT2D eigenvalue weighted by Gasteiger charge is -2.30. The molecule has 11 aromatic carbocycles. The molecule has 0 aliphatic rings. The van der Waals surface area contributed by atoms with E-state index in [1.807, 2.05) is 12.1 Å². The zero-order chi connectivity index (χ0) is 42.4. The lowest BCUT2D eigenvalue weighted by Crippen LogP contribution is -2.13. The number of fused-ring (bicyclic) bond motifs is 6. The molecule has 0 atom stereocenters. The molecule has 0 spiro atoms. The third kappa shape index (κ3) is 6.44. The van der Waals surface area contributed by atoms with Crippen LogP contribution in [0.25, 0.3) is 99.1 Å². The molecule has 1 heterocycles. The van der Waals surface area contributed by atoms with E-state index in [0.29, 0.717) is 0 Å². The second-order valence-electron chi connectivity index (χ2n) is 16.4. The number of para-hydroxylation sites is 2. The summed E-state index contributed by atoms with van der Waals surface area (Å²) in [5.74, 6) is 0. The highest BCUT2D eigenvalue weighted by molar-refractivity contribution is 6.22.